The Morgan fingerprint density at radius 2 is 1.76 bits per heavy atom. The zero-order valence-electron chi connectivity index (χ0n) is 22.6. The number of nitrogens with zero attached hydrogens (tertiary/aromatic N) is 2. The minimum Gasteiger partial charge on any atom is -0.497 e. The van der Waals surface area contributed by atoms with E-state index in [1.165, 1.54) is 37.1 Å². The van der Waals surface area contributed by atoms with Gasteiger partial charge in [0.2, 0.25) is 0 Å². The number of hydrogen-bond acceptors (Lipinski definition) is 6. The van der Waals surface area contributed by atoms with Crippen molar-refractivity contribution in [3.8, 4) is 5.75 Å². The van der Waals surface area contributed by atoms with Crippen LogP contribution in [0.3, 0.4) is 0 Å². The lowest BCUT2D eigenvalue weighted by Gasteiger charge is -2.53. The third-order valence-electron chi connectivity index (χ3n) is 8.19. The first-order valence-electron chi connectivity index (χ1n) is 13.1. The van der Waals surface area contributed by atoms with Gasteiger partial charge in [0.05, 0.1) is 32.6 Å². The van der Waals surface area contributed by atoms with Gasteiger partial charge < -0.3 is 19.1 Å². The van der Waals surface area contributed by atoms with Crippen LogP contribution in [-0.2, 0) is 31.1 Å². The second-order valence-electron chi connectivity index (χ2n) is 10.0. The first kappa shape index (κ1) is 28.8. The Labute approximate surface area is 239 Å². The van der Waals surface area contributed by atoms with Crippen LogP contribution in [0.15, 0.2) is 54.1 Å². The van der Waals surface area contributed by atoms with Crippen LogP contribution in [0.5, 0.6) is 5.75 Å². The Morgan fingerprint density at radius 3 is 2.37 bits per heavy atom. The van der Waals surface area contributed by atoms with Crippen molar-refractivity contribution in [2.24, 2.45) is 11.3 Å². The van der Waals surface area contributed by atoms with E-state index < -0.39 is 54.0 Å². The fraction of sp³-hybridized carbons (Fsp3) is 0.414. The molecule has 41 heavy (non-hydrogen) atoms. The average molecular weight is 593 g/mol. The highest BCUT2D eigenvalue weighted by Gasteiger charge is 2.84. The maximum Gasteiger partial charge on any atom is 0.417 e. The molecule has 0 unspecified atom stereocenters. The highest BCUT2D eigenvalue weighted by atomic mass is 35.5. The van der Waals surface area contributed by atoms with E-state index in [0.29, 0.717) is 16.2 Å². The molecule has 12 heteroatoms. The number of fused-ring (bicyclic) bond motifs is 5. The van der Waals surface area contributed by atoms with Gasteiger partial charge in [-0.25, -0.2) is 9.59 Å². The van der Waals surface area contributed by atoms with Gasteiger partial charge >= 0.3 is 24.1 Å². The van der Waals surface area contributed by atoms with E-state index in [1.807, 2.05) is 0 Å². The van der Waals surface area contributed by atoms with Crippen LogP contribution in [0.1, 0.15) is 31.4 Å². The number of rotatable bonds is 7. The molecule has 0 aromatic heterocycles. The van der Waals surface area contributed by atoms with Crippen molar-refractivity contribution in [3.63, 3.8) is 0 Å². The van der Waals surface area contributed by atoms with E-state index >= 15 is 13.2 Å². The molecule has 8 nitrogen and oxygen atoms in total. The molecule has 5 rings (SSSR count). The standard InChI is InChI=1S/C29H28ClF3N2O6/c1-4-40-24(36)20-12-13-27(25(37)41-5-2)22(20)16-35-26(38)34(15-17-6-9-19(39-3)10-7-17)23-11-8-18(30)14-21(23)28(27,35)29(31,32)33/h6-12,14,22H,4-5,13,15-16H2,1-3H3/t22-,27+,28+/m0/s1. The third kappa shape index (κ3) is 3.99. The van der Waals surface area contributed by atoms with Crippen molar-refractivity contribution < 1.29 is 41.8 Å². The quantitative estimate of drug-likeness (QED) is 0.388. The summed E-state index contributed by atoms with van der Waals surface area (Å²) in [5.41, 5.74) is -5.42. The Bertz CT molecular complexity index is 1430. The number of methoxy groups -OCH3 is 1. The number of benzene rings is 2. The number of esters is 2. The van der Waals surface area contributed by atoms with Gasteiger partial charge in [0.1, 0.15) is 11.2 Å². The van der Waals surface area contributed by atoms with E-state index in [1.54, 1.807) is 31.2 Å². The monoisotopic (exact) mass is 592 g/mol. The summed E-state index contributed by atoms with van der Waals surface area (Å²) in [4.78, 5) is 42.8. The molecule has 1 aliphatic carbocycles. The summed E-state index contributed by atoms with van der Waals surface area (Å²) < 4.78 is 63.2. The number of allylic oxidation sites excluding steroid dienone is 1. The number of ether oxygens (including phenoxy) is 3. The van der Waals surface area contributed by atoms with Crippen LogP contribution >= 0.6 is 11.6 Å². The smallest absolute Gasteiger partial charge is 0.417 e. The Morgan fingerprint density at radius 1 is 1.07 bits per heavy atom. The molecule has 2 amide bonds. The highest BCUT2D eigenvalue weighted by molar-refractivity contribution is 6.30. The molecule has 0 saturated carbocycles. The van der Waals surface area contributed by atoms with Gasteiger partial charge in [-0.2, -0.15) is 13.2 Å². The lowest BCUT2D eigenvalue weighted by atomic mass is 9.60. The summed E-state index contributed by atoms with van der Waals surface area (Å²) in [5.74, 6) is -2.75. The molecule has 2 heterocycles. The van der Waals surface area contributed by atoms with Crippen LogP contribution in [0.25, 0.3) is 0 Å². The van der Waals surface area contributed by atoms with Crippen LogP contribution in [0.4, 0.5) is 23.7 Å². The molecule has 3 atom stereocenters. The summed E-state index contributed by atoms with van der Waals surface area (Å²) in [5, 5.41) is -0.00916. The number of amides is 2. The summed E-state index contributed by atoms with van der Waals surface area (Å²) >= 11 is 6.30. The molecular formula is C29H28ClF3N2O6. The maximum atomic E-state index is 15.9. The topological polar surface area (TPSA) is 85.4 Å². The lowest BCUT2D eigenvalue weighted by Crippen LogP contribution is -2.68. The molecule has 2 aliphatic heterocycles. The summed E-state index contributed by atoms with van der Waals surface area (Å²) in [7, 11) is 1.50. The van der Waals surface area contributed by atoms with E-state index in [9.17, 15) is 14.4 Å². The normalized spacial score (nSPS) is 24.8. The molecule has 1 fully saturated rings. The van der Waals surface area contributed by atoms with Crippen LogP contribution in [-0.4, -0.2) is 55.9 Å². The lowest BCUT2D eigenvalue weighted by molar-refractivity contribution is -0.256. The van der Waals surface area contributed by atoms with E-state index in [-0.39, 0.29) is 41.6 Å². The van der Waals surface area contributed by atoms with E-state index in [2.05, 4.69) is 0 Å². The largest absolute Gasteiger partial charge is 0.497 e. The van der Waals surface area contributed by atoms with Gasteiger partial charge in [0.15, 0.2) is 5.54 Å². The zero-order valence-corrected chi connectivity index (χ0v) is 23.3. The minimum atomic E-state index is -5.17. The van der Waals surface area contributed by atoms with E-state index in [0.717, 1.165) is 6.07 Å². The second kappa shape index (κ2) is 10.3. The summed E-state index contributed by atoms with van der Waals surface area (Å²) in [6.45, 7) is 2.21. The predicted molar refractivity (Wildman–Crippen MR) is 142 cm³/mol. The molecule has 0 spiro atoms. The maximum absolute atomic E-state index is 15.9. The summed E-state index contributed by atoms with van der Waals surface area (Å²) in [6.07, 6.45) is -4.35. The Balaban J connectivity index is 1.76. The fourth-order valence-corrected chi connectivity index (χ4v) is 6.80. The molecule has 3 aliphatic rings. The van der Waals surface area contributed by atoms with E-state index in [4.69, 9.17) is 25.8 Å². The Kier molecular flexibility index (Phi) is 7.21. The van der Waals surface area contributed by atoms with Crippen molar-refractivity contribution >= 4 is 35.3 Å². The average Bonchev–Trinajstić information content (AvgIpc) is 3.46. The van der Waals surface area contributed by atoms with Crippen LogP contribution in [0.2, 0.25) is 5.02 Å². The van der Waals surface area contributed by atoms with Gasteiger partial charge in [-0.15, -0.1) is 0 Å². The van der Waals surface area contributed by atoms with Gasteiger partial charge in [0, 0.05) is 28.6 Å². The SMILES string of the molecule is CCOC(=O)C1=CC[C@]2(C(=O)OCC)[C@H]1CN1C(=O)N(Cc3ccc(OC)cc3)c3ccc(Cl)cc3[C@@]12C(F)(F)F. The van der Waals surface area contributed by atoms with Gasteiger partial charge in [0.25, 0.3) is 0 Å². The summed E-state index contributed by atoms with van der Waals surface area (Å²) in [6, 6.07) is 9.70. The first-order valence-corrected chi connectivity index (χ1v) is 13.5. The zero-order chi connectivity index (χ0) is 29.7. The van der Waals surface area contributed by atoms with Gasteiger partial charge in [-0.1, -0.05) is 29.8 Å². The fourth-order valence-electron chi connectivity index (χ4n) is 6.62. The van der Waals surface area contributed by atoms with Gasteiger partial charge in [-0.3, -0.25) is 9.69 Å². The van der Waals surface area contributed by atoms with Crippen molar-refractivity contribution in [1.29, 1.82) is 0 Å². The third-order valence-corrected chi connectivity index (χ3v) is 8.43. The molecule has 1 saturated heterocycles. The number of anilines is 1. The van der Waals surface area contributed by atoms with Crippen LogP contribution in [0, 0.1) is 11.3 Å². The predicted octanol–water partition coefficient (Wildman–Crippen LogP) is 5.62. The number of halogens is 4. The van der Waals surface area contributed by atoms with Crippen molar-refractivity contribution in [3.05, 3.63) is 70.3 Å². The number of carbonyl (C=O) groups excluding carboxylic acids is 3. The molecule has 2 aromatic carbocycles. The molecule has 0 N–H and O–H groups in total. The van der Waals surface area contributed by atoms with Crippen molar-refractivity contribution in [2.75, 3.05) is 31.8 Å². The highest BCUT2D eigenvalue weighted by Crippen LogP contribution is 2.70. The van der Waals surface area contributed by atoms with Crippen LogP contribution < -0.4 is 9.64 Å². The molecule has 0 bridgehead atoms. The number of alkyl halides is 3. The van der Waals surface area contributed by atoms with Gasteiger partial charge in [-0.05, 0) is 56.2 Å². The molecular weight excluding hydrogens is 565 g/mol. The Hall–Kier alpha value is -3.73. The molecule has 0 radical (unpaired) electrons. The molecule has 2 aromatic rings. The van der Waals surface area contributed by atoms with Crippen molar-refractivity contribution in [2.45, 2.75) is 38.5 Å². The number of urea groups is 1. The van der Waals surface area contributed by atoms with Crippen molar-refractivity contribution in [1.82, 2.24) is 4.90 Å². The number of carbonyl (C=O) groups is 3. The number of hydrogen-bond donors (Lipinski definition) is 0. The second-order valence-corrected chi connectivity index (χ2v) is 10.5. The first-order chi connectivity index (χ1) is 19.5. The molecule has 218 valence electrons. The minimum absolute atomic E-state index is 0.00916.